The zero-order valence-electron chi connectivity index (χ0n) is 15.2. The third-order valence-corrected chi connectivity index (χ3v) is 4.66. The average molecular weight is 370 g/mol. The molecule has 0 bridgehead atoms. The summed E-state index contributed by atoms with van der Waals surface area (Å²) in [4.78, 5) is 30.7. The van der Waals surface area contributed by atoms with Crippen LogP contribution in [-0.2, 0) is 4.79 Å². The number of carbonyl (C=O) groups excluding carboxylic acids is 2. The van der Waals surface area contributed by atoms with Gasteiger partial charge < -0.3 is 15.5 Å². The van der Waals surface area contributed by atoms with Crippen molar-refractivity contribution < 1.29 is 14.0 Å². The first kappa shape index (κ1) is 18.8. The molecule has 1 fully saturated rings. The van der Waals surface area contributed by atoms with Crippen LogP contribution < -0.4 is 15.5 Å². The van der Waals surface area contributed by atoms with E-state index >= 15 is 0 Å². The quantitative estimate of drug-likeness (QED) is 0.849. The first-order valence-corrected chi connectivity index (χ1v) is 9.12. The van der Waals surface area contributed by atoms with Gasteiger partial charge in [-0.05, 0) is 56.2 Å². The zero-order valence-corrected chi connectivity index (χ0v) is 15.2. The van der Waals surface area contributed by atoms with Gasteiger partial charge in [0.05, 0.1) is 0 Å². The smallest absolute Gasteiger partial charge is 0.269 e. The Labute approximate surface area is 157 Å². The molecule has 6 nitrogen and oxygen atoms in total. The third-order valence-electron chi connectivity index (χ3n) is 4.66. The SMILES string of the molecule is CCNC(=O)c1cc(N2CCC(C(=O)Nc3ccc(F)cc3)CC2)ccn1. The van der Waals surface area contributed by atoms with Crippen molar-refractivity contribution in [2.75, 3.05) is 29.9 Å². The number of pyridine rings is 1. The van der Waals surface area contributed by atoms with Crippen molar-refractivity contribution in [1.82, 2.24) is 10.3 Å². The van der Waals surface area contributed by atoms with Crippen LogP contribution >= 0.6 is 0 Å². The number of hydrogen-bond acceptors (Lipinski definition) is 4. The summed E-state index contributed by atoms with van der Waals surface area (Å²) < 4.78 is 13.0. The van der Waals surface area contributed by atoms with E-state index in [9.17, 15) is 14.0 Å². The highest BCUT2D eigenvalue weighted by Gasteiger charge is 2.25. The molecule has 1 aromatic heterocycles. The molecule has 2 N–H and O–H groups in total. The number of hydrogen-bond donors (Lipinski definition) is 2. The number of nitrogens with zero attached hydrogens (tertiary/aromatic N) is 2. The predicted octanol–water partition coefficient (Wildman–Crippen LogP) is 2.83. The van der Waals surface area contributed by atoms with E-state index in [4.69, 9.17) is 0 Å². The molecule has 0 aliphatic carbocycles. The van der Waals surface area contributed by atoms with Crippen LogP contribution in [0.15, 0.2) is 42.6 Å². The van der Waals surface area contributed by atoms with Crippen LogP contribution in [0.3, 0.4) is 0 Å². The second-order valence-electron chi connectivity index (χ2n) is 6.52. The first-order valence-electron chi connectivity index (χ1n) is 9.12. The summed E-state index contributed by atoms with van der Waals surface area (Å²) in [5, 5.41) is 5.59. The van der Waals surface area contributed by atoms with E-state index in [-0.39, 0.29) is 23.5 Å². The second-order valence-corrected chi connectivity index (χ2v) is 6.52. The number of rotatable bonds is 5. The van der Waals surface area contributed by atoms with Crippen LogP contribution in [0.1, 0.15) is 30.3 Å². The molecule has 3 rings (SSSR count). The van der Waals surface area contributed by atoms with E-state index < -0.39 is 0 Å². The highest BCUT2D eigenvalue weighted by molar-refractivity contribution is 5.93. The highest BCUT2D eigenvalue weighted by Crippen LogP contribution is 2.24. The van der Waals surface area contributed by atoms with Gasteiger partial charge in [0.25, 0.3) is 5.91 Å². The van der Waals surface area contributed by atoms with Gasteiger partial charge in [0.1, 0.15) is 11.5 Å². The van der Waals surface area contributed by atoms with E-state index in [1.807, 2.05) is 13.0 Å². The molecule has 0 saturated carbocycles. The molecule has 1 aliphatic heterocycles. The van der Waals surface area contributed by atoms with Gasteiger partial charge in [0.2, 0.25) is 5.91 Å². The van der Waals surface area contributed by atoms with Crippen LogP contribution in [0.25, 0.3) is 0 Å². The Morgan fingerprint density at radius 2 is 1.89 bits per heavy atom. The topological polar surface area (TPSA) is 74.3 Å². The zero-order chi connectivity index (χ0) is 19.2. The van der Waals surface area contributed by atoms with Crippen molar-refractivity contribution in [3.63, 3.8) is 0 Å². The van der Waals surface area contributed by atoms with Gasteiger partial charge in [-0.2, -0.15) is 0 Å². The van der Waals surface area contributed by atoms with Crippen molar-refractivity contribution in [2.45, 2.75) is 19.8 Å². The molecule has 7 heteroatoms. The summed E-state index contributed by atoms with van der Waals surface area (Å²) in [6.07, 6.45) is 3.06. The number of aromatic nitrogens is 1. The monoisotopic (exact) mass is 370 g/mol. The maximum atomic E-state index is 13.0. The Morgan fingerprint density at radius 1 is 1.19 bits per heavy atom. The number of halogens is 1. The summed E-state index contributed by atoms with van der Waals surface area (Å²) >= 11 is 0. The number of carbonyl (C=O) groups is 2. The lowest BCUT2D eigenvalue weighted by Gasteiger charge is -2.33. The van der Waals surface area contributed by atoms with Crippen LogP contribution in [0, 0.1) is 11.7 Å². The summed E-state index contributed by atoms with van der Waals surface area (Å²) in [5.74, 6) is -0.645. The Kier molecular flexibility index (Phi) is 6.01. The third kappa shape index (κ3) is 4.81. The number of benzene rings is 1. The van der Waals surface area contributed by atoms with Gasteiger partial charge in [0.15, 0.2) is 0 Å². The van der Waals surface area contributed by atoms with Gasteiger partial charge in [-0.15, -0.1) is 0 Å². The normalized spacial score (nSPS) is 14.7. The van der Waals surface area contributed by atoms with Crippen molar-refractivity contribution in [3.8, 4) is 0 Å². The van der Waals surface area contributed by atoms with E-state index in [1.54, 1.807) is 24.4 Å². The first-order chi connectivity index (χ1) is 13.1. The molecule has 1 aliphatic rings. The standard InChI is InChI=1S/C20H23FN4O2/c1-2-22-20(27)18-13-17(7-10-23-18)25-11-8-14(9-12-25)19(26)24-16-5-3-15(21)4-6-16/h3-7,10,13-14H,2,8-9,11-12H2,1H3,(H,22,27)(H,24,26). The molecule has 1 saturated heterocycles. The van der Waals surface area contributed by atoms with E-state index in [1.165, 1.54) is 12.1 Å². The number of piperidine rings is 1. The molecular weight excluding hydrogens is 347 g/mol. The molecule has 0 unspecified atom stereocenters. The van der Waals surface area contributed by atoms with Gasteiger partial charge in [-0.1, -0.05) is 0 Å². The van der Waals surface area contributed by atoms with Gasteiger partial charge in [-0.3, -0.25) is 14.6 Å². The van der Waals surface area contributed by atoms with Gasteiger partial charge in [-0.25, -0.2) is 4.39 Å². The van der Waals surface area contributed by atoms with E-state index in [2.05, 4.69) is 20.5 Å². The highest BCUT2D eigenvalue weighted by atomic mass is 19.1. The minimum atomic E-state index is -0.328. The maximum absolute atomic E-state index is 13.0. The van der Waals surface area contributed by atoms with Crippen LogP contribution in [0.2, 0.25) is 0 Å². The number of nitrogens with one attached hydrogen (secondary N) is 2. The van der Waals surface area contributed by atoms with Crippen molar-refractivity contribution >= 4 is 23.2 Å². The predicted molar refractivity (Wildman–Crippen MR) is 102 cm³/mol. The molecule has 0 radical (unpaired) electrons. The molecule has 142 valence electrons. The molecule has 0 atom stereocenters. The summed E-state index contributed by atoms with van der Waals surface area (Å²) in [7, 11) is 0. The van der Waals surface area contributed by atoms with Crippen LogP contribution in [0.4, 0.5) is 15.8 Å². The Bertz CT molecular complexity index is 802. The summed E-state index contributed by atoms with van der Waals surface area (Å²) in [6.45, 7) is 3.86. The lowest BCUT2D eigenvalue weighted by molar-refractivity contribution is -0.120. The summed E-state index contributed by atoms with van der Waals surface area (Å²) in [5.41, 5.74) is 1.93. The number of amides is 2. The van der Waals surface area contributed by atoms with Gasteiger partial charge in [0, 0.05) is 43.1 Å². The fraction of sp³-hybridized carbons (Fsp3) is 0.350. The van der Waals surface area contributed by atoms with Gasteiger partial charge >= 0.3 is 0 Å². The van der Waals surface area contributed by atoms with E-state index in [0.29, 0.717) is 30.8 Å². The van der Waals surface area contributed by atoms with E-state index in [0.717, 1.165) is 18.8 Å². The Hall–Kier alpha value is -2.96. The molecule has 2 aromatic rings. The molecule has 2 heterocycles. The fourth-order valence-corrected chi connectivity index (χ4v) is 3.17. The molecular formula is C20H23FN4O2. The maximum Gasteiger partial charge on any atom is 0.269 e. The second kappa shape index (κ2) is 8.62. The molecule has 27 heavy (non-hydrogen) atoms. The molecule has 2 amide bonds. The molecule has 1 aromatic carbocycles. The number of anilines is 2. The Balaban J connectivity index is 1.57. The largest absolute Gasteiger partial charge is 0.371 e. The minimum absolute atomic E-state index is 0.0426. The lowest BCUT2D eigenvalue weighted by Crippen LogP contribution is -2.38. The molecule has 0 spiro atoms. The average Bonchev–Trinajstić information content (AvgIpc) is 2.70. The van der Waals surface area contributed by atoms with Crippen molar-refractivity contribution in [3.05, 3.63) is 54.1 Å². The van der Waals surface area contributed by atoms with Crippen LogP contribution in [-0.4, -0.2) is 36.4 Å². The van der Waals surface area contributed by atoms with Crippen molar-refractivity contribution in [2.24, 2.45) is 5.92 Å². The minimum Gasteiger partial charge on any atom is -0.371 e. The van der Waals surface area contributed by atoms with Crippen LogP contribution in [0.5, 0.6) is 0 Å². The lowest BCUT2D eigenvalue weighted by atomic mass is 9.95. The Morgan fingerprint density at radius 3 is 2.56 bits per heavy atom. The fourth-order valence-electron chi connectivity index (χ4n) is 3.17. The summed E-state index contributed by atoms with van der Waals surface area (Å²) in [6, 6.07) is 9.43. The van der Waals surface area contributed by atoms with Crippen molar-refractivity contribution in [1.29, 1.82) is 0 Å².